The van der Waals surface area contributed by atoms with Gasteiger partial charge in [-0.25, -0.2) is 4.98 Å². The Morgan fingerprint density at radius 3 is 2.96 bits per heavy atom. The molecule has 1 fully saturated rings. The number of benzene rings is 2. The fourth-order valence-electron chi connectivity index (χ4n) is 3.64. The second-order valence-electron chi connectivity index (χ2n) is 7.14. The van der Waals surface area contributed by atoms with E-state index in [2.05, 4.69) is 22.3 Å². The highest BCUT2D eigenvalue weighted by Gasteiger charge is 2.27. The van der Waals surface area contributed by atoms with Crippen LogP contribution < -0.4 is 15.0 Å². The maximum atomic E-state index is 12.6. The molecule has 1 aliphatic heterocycles. The lowest BCUT2D eigenvalue weighted by Crippen LogP contribution is -2.43. The number of methoxy groups -OCH3 is 1. The number of hydrogen-bond donors (Lipinski definition) is 1. The predicted octanol–water partition coefficient (Wildman–Crippen LogP) is 3.88. The third-order valence-corrected chi connectivity index (χ3v) is 6.28. The topological polar surface area (TPSA) is 54.5 Å². The normalized spacial score (nSPS) is 16.9. The van der Waals surface area contributed by atoms with Crippen molar-refractivity contribution < 1.29 is 9.53 Å². The Hall–Kier alpha value is -2.60. The maximum Gasteiger partial charge on any atom is 0.224 e. The summed E-state index contributed by atoms with van der Waals surface area (Å²) >= 11 is 1.67. The number of nitrogens with one attached hydrogen (secondary N) is 1. The van der Waals surface area contributed by atoms with Crippen molar-refractivity contribution in [3.63, 3.8) is 0 Å². The maximum absolute atomic E-state index is 12.6. The Morgan fingerprint density at radius 1 is 1.29 bits per heavy atom. The van der Waals surface area contributed by atoms with Crippen LogP contribution in [0.3, 0.4) is 0 Å². The number of piperidine rings is 1. The summed E-state index contributed by atoms with van der Waals surface area (Å²) in [4.78, 5) is 19.7. The van der Waals surface area contributed by atoms with Gasteiger partial charge in [0, 0.05) is 19.6 Å². The fourth-order valence-corrected chi connectivity index (χ4v) is 4.67. The van der Waals surface area contributed by atoms with Crippen molar-refractivity contribution in [2.24, 2.45) is 5.92 Å². The zero-order valence-corrected chi connectivity index (χ0v) is 16.9. The number of anilines is 1. The van der Waals surface area contributed by atoms with Gasteiger partial charge < -0.3 is 15.0 Å². The molecule has 6 heteroatoms. The van der Waals surface area contributed by atoms with Gasteiger partial charge in [-0.2, -0.15) is 0 Å². The molecule has 1 saturated heterocycles. The number of thiazole rings is 1. The molecule has 1 N–H and O–H groups in total. The first-order chi connectivity index (χ1) is 13.7. The summed E-state index contributed by atoms with van der Waals surface area (Å²) in [5, 5.41) is 4.11. The Balaban J connectivity index is 1.36. The first-order valence-electron chi connectivity index (χ1n) is 9.74. The highest BCUT2D eigenvalue weighted by molar-refractivity contribution is 7.22. The number of aromatic nitrogens is 1. The highest BCUT2D eigenvalue weighted by Crippen LogP contribution is 2.33. The zero-order valence-electron chi connectivity index (χ0n) is 16.1. The monoisotopic (exact) mass is 395 g/mol. The van der Waals surface area contributed by atoms with Crippen molar-refractivity contribution in [2.45, 2.75) is 19.3 Å². The number of carbonyl (C=O) groups is 1. The van der Waals surface area contributed by atoms with Crippen LogP contribution in [0, 0.1) is 5.92 Å². The first-order valence-corrected chi connectivity index (χ1v) is 10.6. The summed E-state index contributed by atoms with van der Waals surface area (Å²) in [6.07, 6.45) is 2.81. The second kappa shape index (κ2) is 8.61. The lowest BCUT2D eigenvalue weighted by molar-refractivity contribution is -0.125. The van der Waals surface area contributed by atoms with Crippen LogP contribution >= 0.6 is 11.3 Å². The van der Waals surface area contributed by atoms with Gasteiger partial charge in [0.05, 0.1) is 23.2 Å². The van der Waals surface area contributed by atoms with E-state index in [1.165, 1.54) is 5.56 Å². The van der Waals surface area contributed by atoms with Gasteiger partial charge >= 0.3 is 0 Å². The average molecular weight is 396 g/mol. The summed E-state index contributed by atoms with van der Waals surface area (Å²) in [6, 6.07) is 16.2. The molecule has 0 unspecified atom stereocenters. The molecule has 28 heavy (non-hydrogen) atoms. The van der Waals surface area contributed by atoms with E-state index < -0.39 is 0 Å². The molecule has 0 saturated carbocycles. The van der Waals surface area contributed by atoms with Gasteiger partial charge in [-0.3, -0.25) is 4.79 Å². The molecule has 0 aliphatic carbocycles. The third-order valence-electron chi connectivity index (χ3n) is 5.20. The molecule has 2 aromatic carbocycles. The number of hydrogen-bond acceptors (Lipinski definition) is 5. The van der Waals surface area contributed by atoms with E-state index in [1.807, 2.05) is 36.4 Å². The van der Waals surface area contributed by atoms with Gasteiger partial charge in [0.2, 0.25) is 5.91 Å². The van der Waals surface area contributed by atoms with Gasteiger partial charge in [0.25, 0.3) is 0 Å². The quantitative estimate of drug-likeness (QED) is 0.688. The van der Waals surface area contributed by atoms with Crippen LogP contribution in [0.2, 0.25) is 0 Å². The molecule has 4 rings (SSSR count). The largest absolute Gasteiger partial charge is 0.497 e. The number of nitrogens with zero attached hydrogens (tertiary/aromatic N) is 2. The number of rotatable bonds is 6. The molecule has 3 aromatic rings. The van der Waals surface area contributed by atoms with Crippen LogP contribution in [0.5, 0.6) is 5.75 Å². The van der Waals surface area contributed by atoms with Crippen LogP contribution in [0.15, 0.2) is 48.5 Å². The number of fused-ring (bicyclic) bond motifs is 1. The fraction of sp³-hybridized carbons (Fsp3) is 0.364. The van der Waals surface area contributed by atoms with Crippen molar-refractivity contribution in [3.05, 3.63) is 54.1 Å². The van der Waals surface area contributed by atoms with E-state index >= 15 is 0 Å². The molecule has 1 atom stereocenters. The number of amides is 1. The average Bonchev–Trinajstić information content (AvgIpc) is 3.18. The number of carbonyl (C=O) groups excluding carboxylic acids is 1. The lowest BCUT2D eigenvalue weighted by atomic mass is 9.97. The van der Waals surface area contributed by atoms with E-state index in [1.54, 1.807) is 18.4 Å². The van der Waals surface area contributed by atoms with Crippen LogP contribution in [0.1, 0.15) is 18.4 Å². The van der Waals surface area contributed by atoms with E-state index in [4.69, 9.17) is 9.72 Å². The minimum absolute atomic E-state index is 0.0195. The van der Waals surface area contributed by atoms with Gasteiger partial charge in [0.15, 0.2) is 5.13 Å². The minimum atomic E-state index is 0.0195. The van der Waals surface area contributed by atoms with Crippen LogP contribution in [-0.4, -0.2) is 37.6 Å². The molecular weight excluding hydrogens is 370 g/mol. The van der Waals surface area contributed by atoms with Crippen molar-refractivity contribution in [3.8, 4) is 5.75 Å². The van der Waals surface area contributed by atoms with Crippen molar-refractivity contribution in [1.82, 2.24) is 10.3 Å². The van der Waals surface area contributed by atoms with Crippen molar-refractivity contribution in [1.29, 1.82) is 0 Å². The lowest BCUT2D eigenvalue weighted by Gasteiger charge is -2.31. The molecule has 0 spiro atoms. The van der Waals surface area contributed by atoms with Gasteiger partial charge in [-0.15, -0.1) is 0 Å². The van der Waals surface area contributed by atoms with E-state index in [0.717, 1.165) is 53.4 Å². The Morgan fingerprint density at radius 2 is 2.14 bits per heavy atom. The predicted molar refractivity (Wildman–Crippen MR) is 114 cm³/mol. The molecule has 2 heterocycles. The Kier molecular flexibility index (Phi) is 5.76. The number of ether oxygens (including phenoxy) is 1. The molecule has 1 amide bonds. The van der Waals surface area contributed by atoms with Crippen LogP contribution in [0.4, 0.5) is 5.13 Å². The van der Waals surface area contributed by atoms with E-state index in [-0.39, 0.29) is 11.8 Å². The van der Waals surface area contributed by atoms with Gasteiger partial charge in [0.1, 0.15) is 5.75 Å². The SMILES string of the molecule is COc1ccc2nc(N3CCC[C@@H](C(=O)NCCc4ccccc4)C3)sc2c1. The summed E-state index contributed by atoms with van der Waals surface area (Å²) < 4.78 is 6.42. The Labute approximate surface area is 169 Å². The van der Waals surface area contributed by atoms with Crippen LogP contribution in [-0.2, 0) is 11.2 Å². The Bertz CT molecular complexity index is 941. The minimum Gasteiger partial charge on any atom is -0.497 e. The molecule has 1 aliphatic rings. The van der Waals surface area contributed by atoms with Crippen molar-refractivity contribution in [2.75, 3.05) is 31.6 Å². The van der Waals surface area contributed by atoms with E-state index in [0.29, 0.717) is 6.54 Å². The van der Waals surface area contributed by atoms with Gasteiger partial charge in [-0.05, 0) is 43.0 Å². The summed E-state index contributed by atoms with van der Waals surface area (Å²) in [5.74, 6) is 1.02. The zero-order chi connectivity index (χ0) is 19.3. The smallest absolute Gasteiger partial charge is 0.224 e. The highest BCUT2D eigenvalue weighted by atomic mass is 32.1. The second-order valence-corrected chi connectivity index (χ2v) is 8.15. The van der Waals surface area contributed by atoms with Crippen LogP contribution in [0.25, 0.3) is 10.2 Å². The van der Waals surface area contributed by atoms with Crippen molar-refractivity contribution >= 4 is 32.6 Å². The summed E-state index contributed by atoms with van der Waals surface area (Å²) in [5.41, 5.74) is 2.23. The molecule has 146 valence electrons. The molecular formula is C22H25N3O2S. The molecule has 0 radical (unpaired) electrons. The summed E-state index contributed by atoms with van der Waals surface area (Å²) in [6.45, 7) is 2.36. The molecule has 1 aromatic heterocycles. The molecule has 0 bridgehead atoms. The molecule has 5 nitrogen and oxygen atoms in total. The summed E-state index contributed by atoms with van der Waals surface area (Å²) in [7, 11) is 1.68. The van der Waals surface area contributed by atoms with E-state index in [9.17, 15) is 4.79 Å². The standard InChI is InChI=1S/C22H25N3O2S/c1-27-18-9-10-19-20(14-18)28-22(24-19)25-13-5-8-17(15-25)21(26)23-12-11-16-6-3-2-4-7-16/h2-4,6-7,9-10,14,17H,5,8,11-13,15H2,1H3,(H,23,26)/t17-/m1/s1. The van der Waals surface area contributed by atoms with Gasteiger partial charge in [-0.1, -0.05) is 41.7 Å². The first kappa shape index (κ1) is 18.7. The third kappa shape index (κ3) is 4.28.